The molecule has 0 aliphatic carbocycles. The summed E-state index contributed by atoms with van der Waals surface area (Å²) in [4.78, 5) is 24.9. The van der Waals surface area contributed by atoms with Crippen LogP contribution >= 0.6 is 15.9 Å². The Hall–Kier alpha value is -2.34. The second-order valence-corrected chi connectivity index (χ2v) is 7.97. The van der Waals surface area contributed by atoms with Crippen molar-refractivity contribution in [2.75, 3.05) is 0 Å². The average Bonchev–Trinajstić information content (AvgIpc) is 2.60. The van der Waals surface area contributed by atoms with E-state index in [-0.39, 0.29) is 16.1 Å². The van der Waals surface area contributed by atoms with Crippen molar-refractivity contribution in [1.82, 2.24) is 0 Å². The van der Waals surface area contributed by atoms with Gasteiger partial charge in [0, 0.05) is 4.83 Å². The molecule has 0 saturated heterocycles. The number of esters is 1. The number of carbonyl (C=O) groups is 2. The Kier molecular flexibility index (Phi) is 7.02. The van der Waals surface area contributed by atoms with E-state index >= 15 is 0 Å². The van der Waals surface area contributed by atoms with Crippen molar-refractivity contribution in [3.05, 3.63) is 59.7 Å². The zero-order valence-electron chi connectivity index (χ0n) is 15.8. The molecule has 1 atom stereocenters. The molecule has 0 bridgehead atoms. The van der Waals surface area contributed by atoms with Crippen LogP contribution in [0.5, 0.6) is 11.5 Å². The second kappa shape index (κ2) is 9.04. The molecular formula is C21H23BrO5. The topological polar surface area (TPSA) is 61.8 Å². The summed E-state index contributed by atoms with van der Waals surface area (Å²) < 4.78 is 16.0. The zero-order valence-corrected chi connectivity index (χ0v) is 17.4. The number of halogens is 1. The van der Waals surface area contributed by atoms with Gasteiger partial charge < -0.3 is 14.2 Å². The molecule has 144 valence electrons. The normalized spacial score (nSPS) is 12.2. The van der Waals surface area contributed by atoms with E-state index in [9.17, 15) is 9.59 Å². The lowest BCUT2D eigenvalue weighted by molar-refractivity contribution is 0.0204. The maximum absolute atomic E-state index is 12.9. The van der Waals surface area contributed by atoms with Crippen molar-refractivity contribution < 1.29 is 23.8 Å². The summed E-state index contributed by atoms with van der Waals surface area (Å²) in [5.41, 5.74) is 0.163. The first kappa shape index (κ1) is 21.0. The summed E-state index contributed by atoms with van der Waals surface area (Å²) >= 11 is 3.56. The van der Waals surface area contributed by atoms with Gasteiger partial charge in [-0.2, -0.15) is 0 Å². The van der Waals surface area contributed by atoms with Gasteiger partial charge in [-0.15, -0.1) is 0 Å². The molecule has 0 aliphatic rings. The third-order valence-corrected chi connectivity index (χ3v) is 4.64. The molecule has 0 saturated carbocycles. The predicted octanol–water partition coefficient (Wildman–Crippen LogP) is 6.07. The molecule has 0 amide bonds. The zero-order chi connectivity index (χ0) is 20.0. The van der Waals surface area contributed by atoms with Crippen LogP contribution in [0, 0.1) is 0 Å². The van der Waals surface area contributed by atoms with E-state index in [1.54, 1.807) is 63.2 Å². The van der Waals surface area contributed by atoms with Crippen molar-refractivity contribution in [2.24, 2.45) is 0 Å². The van der Waals surface area contributed by atoms with E-state index in [1.165, 1.54) is 0 Å². The number of hydrogen-bond donors (Lipinski definition) is 0. The third-order valence-electron chi connectivity index (χ3n) is 3.50. The van der Waals surface area contributed by atoms with Crippen LogP contribution in [0.25, 0.3) is 0 Å². The SMILES string of the molecule is CCC(Br)c1cccc(OC(=O)OC(C)(C)C)c1C(=O)Oc1ccccc1. The molecule has 0 N–H and O–H groups in total. The van der Waals surface area contributed by atoms with E-state index in [1.807, 2.05) is 13.0 Å². The number of benzene rings is 2. The van der Waals surface area contributed by atoms with Crippen LogP contribution in [0.3, 0.4) is 0 Å². The molecule has 0 aromatic heterocycles. The lowest BCUT2D eigenvalue weighted by Gasteiger charge is -2.20. The van der Waals surface area contributed by atoms with Crippen molar-refractivity contribution in [1.29, 1.82) is 0 Å². The number of rotatable bonds is 5. The molecule has 0 heterocycles. The monoisotopic (exact) mass is 434 g/mol. The number of ether oxygens (including phenoxy) is 3. The van der Waals surface area contributed by atoms with Crippen LogP contribution < -0.4 is 9.47 Å². The fraction of sp³-hybridized carbons (Fsp3) is 0.333. The minimum absolute atomic E-state index is 0.0978. The minimum atomic E-state index is -0.879. The molecule has 2 aromatic carbocycles. The van der Waals surface area contributed by atoms with Crippen LogP contribution in [-0.2, 0) is 4.74 Å². The van der Waals surface area contributed by atoms with Crippen molar-refractivity contribution >= 4 is 28.1 Å². The lowest BCUT2D eigenvalue weighted by atomic mass is 10.0. The van der Waals surface area contributed by atoms with E-state index < -0.39 is 17.7 Å². The summed E-state index contributed by atoms with van der Waals surface area (Å²) in [6.45, 7) is 7.19. The number of para-hydroxylation sites is 1. The van der Waals surface area contributed by atoms with Crippen LogP contribution in [0.15, 0.2) is 48.5 Å². The maximum atomic E-state index is 12.9. The quantitative estimate of drug-likeness (QED) is 0.247. The summed E-state index contributed by atoms with van der Waals surface area (Å²) in [6.07, 6.45) is -0.141. The van der Waals surface area contributed by atoms with Gasteiger partial charge in [0.25, 0.3) is 0 Å². The maximum Gasteiger partial charge on any atom is 0.514 e. The Bertz CT molecular complexity index is 796. The van der Waals surface area contributed by atoms with Crippen molar-refractivity contribution in [3.63, 3.8) is 0 Å². The Balaban J connectivity index is 2.38. The number of hydrogen-bond acceptors (Lipinski definition) is 5. The Morgan fingerprint density at radius 3 is 2.26 bits per heavy atom. The van der Waals surface area contributed by atoms with E-state index in [2.05, 4.69) is 15.9 Å². The smallest absolute Gasteiger partial charge is 0.428 e. The van der Waals surface area contributed by atoms with Gasteiger partial charge in [0.05, 0.1) is 0 Å². The van der Waals surface area contributed by atoms with Gasteiger partial charge >= 0.3 is 12.1 Å². The van der Waals surface area contributed by atoms with Crippen LogP contribution in [0.2, 0.25) is 0 Å². The summed E-state index contributed by atoms with van der Waals surface area (Å²) in [7, 11) is 0. The highest BCUT2D eigenvalue weighted by Crippen LogP contribution is 2.35. The van der Waals surface area contributed by atoms with Gasteiger partial charge in [0.2, 0.25) is 0 Å². The van der Waals surface area contributed by atoms with Gasteiger partial charge in [-0.05, 0) is 51.0 Å². The summed E-state index contributed by atoms with van der Waals surface area (Å²) in [6, 6.07) is 13.8. The standard InChI is InChI=1S/C21H23BrO5/c1-5-16(22)15-12-9-13-17(26-20(24)27-21(2,3)4)18(15)19(23)25-14-10-7-6-8-11-14/h6-13,16H,5H2,1-4H3. The molecule has 0 fully saturated rings. The first-order valence-electron chi connectivity index (χ1n) is 8.66. The van der Waals surface area contributed by atoms with Gasteiger partial charge in [-0.1, -0.05) is 53.2 Å². The van der Waals surface area contributed by atoms with E-state index in [4.69, 9.17) is 14.2 Å². The van der Waals surface area contributed by atoms with E-state index in [0.29, 0.717) is 11.3 Å². The minimum Gasteiger partial charge on any atom is -0.428 e. The molecule has 0 aliphatic heterocycles. The first-order valence-corrected chi connectivity index (χ1v) is 9.58. The van der Waals surface area contributed by atoms with Crippen LogP contribution in [0.1, 0.15) is 54.9 Å². The largest absolute Gasteiger partial charge is 0.514 e. The highest BCUT2D eigenvalue weighted by Gasteiger charge is 2.26. The van der Waals surface area contributed by atoms with Crippen molar-refractivity contribution in [3.8, 4) is 11.5 Å². The average molecular weight is 435 g/mol. The third kappa shape index (κ3) is 6.10. The Labute approximate surface area is 167 Å². The molecule has 6 heteroatoms. The van der Waals surface area contributed by atoms with Gasteiger partial charge in [0.15, 0.2) is 0 Å². The highest BCUT2D eigenvalue weighted by molar-refractivity contribution is 9.09. The molecule has 2 rings (SSSR count). The van der Waals surface area contributed by atoms with Crippen LogP contribution in [-0.4, -0.2) is 17.7 Å². The molecule has 27 heavy (non-hydrogen) atoms. The predicted molar refractivity (Wildman–Crippen MR) is 107 cm³/mol. The summed E-state index contributed by atoms with van der Waals surface area (Å²) in [5, 5.41) is 0. The fourth-order valence-electron chi connectivity index (χ4n) is 2.34. The molecular weight excluding hydrogens is 412 g/mol. The van der Waals surface area contributed by atoms with Crippen molar-refractivity contribution in [2.45, 2.75) is 44.5 Å². The fourth-order valence-corrected chi connectivity index (χ4v) is 2.72. The molecule has 0 spiro atoms. The molecule has 1 unspecified atom stereocenters. The van der Waals surface area contributed by atoms with Gasteiger partial charge in [0.1, 0.15) is 22.7 Å². The van der Waals surface area contributed by atoms with Gasteiger partial charge in [-0.25, -0.2) is 9.59 Å². The Morgan fingerprint density at radius 2 is 1.67 bits per heavy atom. The lowest BCUT2D eigenvalue weighted by Crippen LogP contribution is -2.26. The molecule has 5 nitrogen and oxygen atoms in total. The number of carbonyl (C=O) groups excluding carboxylic acids is 2. The molecule has 2 aromatic rings. The number of alkyl halides is 1. The van der Waals surface area contributed by atoms with Gasteiger partial charge in [-0.3, -0.25) is 0 Å². The highest BCUT2D eigenvalue weighted by atomic mass is 79.9. The second-order valence-electron chi connectivity index (χ2n) is 6.87. The first-order chi connectivity index (χ1) is 12.7. The Morgan fingerprint density at radius 1 is 1.00 bits per heavy atom. The molecule has 0 radical (unpaired) electrons. The van der Waals surface area contributed by atoms with E-state index in [0.717, 1.165) is 6.42 Å². The van der Waals surface area contributed by atoms with Crippen LogP contribution in [0.4, 0.5) is 4.79 Å². The summed E-state index contributed by atoms with van der Waals surface area (Å²) in [5.74, 6) is -0.100.